The molecule has 1 fully saturated rings. The number of carbonyl (C=O) groups excluding carboxylic acids is 2. The second kappa shape index (κ2) is 10.5. The molecule has 3 aromatic heterocycles. The zero-order valence-electron chi connectivity index (χ0n) is 20.4. The van der Waals surface area contributed by atoms with Crippen LogP contribution in [0.2, 0.25) is 5.02 Å². The summed E-state index contributed by atoms with van der Waals surface area (Å²) in [5, 5.41) is 16.5. The zero-order valence-corrected chi connectivity index (χ0v) is 22.0. The van der Waals surface area contributed by atoms with Crippen LogP contribution in [-0.4, -0.2) is 56.1 Å². The third-order valence-electron chi connectivity index (χ3n) is 5.74. The van der Waals surface area contributed by atoms with E-state index < -0.39 is 12.1 Å². The monoisotopic (exact) mass is 529 g/mol. The molecule has 3 aromatic rings. The van der Waals surface area contributed by atoms with Crippen molar-refractivity contribution in [2.45, 2.75) is 51.7 Å². The Hall–Kier alpha value is -3.15. The van der Waals surface area contributed by atoms with E-state index in [2.05, 4.69) is 30.6 Å². The average molecular weight is 530 g/mol. The molecule has 0 radical (unpaired) electrons. The average Bonchev–Trinajstić information content (AvgIpc) is 3.49. The van der Waals surface area contributed by atoms with Crippen LogP contribution in [0.1, 0.15) is 70.9 Å². The van der Waals surface area contributed by atoms with E-state index in [9.17, 15) is 14.7 Å². The molecule has 12 heteroatoms. The molecule has 0 aliphatic carbocycles. The minimum atomic E-state index is -0.447. The molecule has 2 amide bonds. The summed E-state index contributed by atoms with van der Waals surface area (Å²) < 4.78 is 0. The van der Waals surface area contributed by atoms with Crippen molar-refractivity contribution in [1.82, 2.24) is 25.3 Å². The number of pyridine rings is 1. The molecule has 0 aromatic carbocycles. The number of halogens is 1. The van der Waals surface area contributed by atoms with E-state index in [1.54, 1.807) is 19.1 Å². The number of thiazole rings is 1. The van der Waals surface area contributed by atoms with Gasteiger partial charge in [-0.3, -0.25) is 9.59 Å². The molecule has 1 aliphatic heterocycles. The molecule has 3 N–H and O–H groups in total. The standard InChI is InChI=1S/C24H28ClN7O3S/c1-13(30-21(34)17-8-20(29-12-28-17)32-6-5-14(33)11-32)23-27-10-18(36-23)22(35)31-19-7-15(24(2,3)4)16(25)9-26-19/h7-10,12-14,33H,5-6,11H2,1-4H3,(H,30,34)(H,26,31,35)/t13-,14-/m1/s1. The highest BCUT2D eigenvalue weighted by atomic mass is 35.5. The summed E-state index contributed by atoms with van der Waals surface area (Å²) >= 11 is 7.45. The molecule has 4 rings (SSSR count). The normalized spacial score (nSPS) is 16.6. The van der Waals surface area contributed by atoms with Crippen LogP contribution < -0.4 is 15.5 Å². The molecule has 0 spiro atoms. The zero-order chi connectivity index (χ0) is 26.0. The highest BCUT2D eigenvalue weighted by Crippen LogP contribution is 2.31. The number of amides is 2. The predicted octanol–water partition coefficient (Wildman–Crippen LogP) is 3.59. The predicted molar refractivity (Wildman–Crippen MR) is 139 cm³/mol. The number of hydrogen-bond donors (Lipinski definition) is 3. The minimum Gasteiger partial charge on any atom is -0.391 e. The summed E-state index contributed by atoms with van der Waals surface area (Å²) in [5.41, 5.74) is 0.890. The van der Waals surface area contributed by atoms with Crippen LogP contribution in [-0.2, 0) is 5.41 Å². The van der Waals surface area contributed by atoms with Crippen LogP contribution in [0.25, 0.3) is 0 Å². The van der Waals surface area contributed by atoms with Gasteiger partial charge in [-0.25, -0.2) is 19.9 Å². The van der Waals surface area contributed by atoms with E-state index in [1.165, 1.54) is 30.1 Å². The van der Waals surface area contributed by atoms with Gasteiger partial charge < -0.3 is 20.6 Å². The maximum Gasteiger partial charge on any atom is 0.270 e. The molecule has 4 heterocycles. The van der Waals surface area contributed by atoms with E-state index in [-0.39, 0.29) is 22.9 Å². The summed E-state index contributed by atoms with van der Waals surface area (Å²) in [6.07, 6.45) is 4.60. The quantitative estimate of drug-likeness (QED) is 0.441. The van der Waals surface area contributed by atoms with Gasteiger partial charge >= 0.3 is 0 Å². The fourth-order valence-electron chi connectivity index (χ4n) is 3.78. The summed E-state index contributed by atoms with van der Waals surface area (Å²) in [7, 11) is 0. The molecule has 190 valence electrons. The fraction of sp³-hybridized carbons (Fsp3) is 0.417. The Bertz CT molecular complexity index is 1280. The second-order valence-electron chi connectivity index (χ2n) is 9.66. The largest absolute Gasteiger partial charge is 0.391 e. The van der Waals surface area contributed by atoms with Crippen LogP contribution in [0.4, 0.5) is 11.6 Å². The van der Waals surface area contributed by atoms with Gasteiger partial charge in [0, 0.05) is 25.4 Å². The smallest absolute Gasteiger partial charge is 0.270 e. The molecule has 0 saturated carbocycles. The highest BCUT2D eigenvalue weighted by Gasteiger charge is 2.24. The first-order valence-electron chi connectivity index (χ1n) is 11.5. The number of rotatable bonds is 6. The van der Waals surface area contributed by atoms with Crippen molar-refractivity contribution >= 4 is 46.4 Å². The first-order chi connectivity index (χ1) is 17.0. The van der Waals surface area contributed by atoms with Gasteiger partial charge in [-0.05, 0) is 30.4 Å². The van der Waals surface area contributed by atoms with Gasteiger partial charge in [0.05, 0.1) is 23.4 Å². The lowest BCUT2D eigenvalue weighted by molar-refractivity contribution is 0.0934. The number of carbonyl (C=O) groups is 2. The summed E-state index contributed by atoms with van der Waals surface area (Å²) in [6, 6.07) is 2.92. The molecule has 10 nitrogen and oxygen atoms in total. The van der Waals surface area contributed by atoms with Crippen molar-refractivity contribution in [2.75, 3.05) is 23.3 Å². The van der Waals surface area contributed by atoms with E-state index in [0.29, 0.717) is 46.1 Å². The molecule has 1 aliphatic rings. The lowest BCUT2D eigenvalue weighted by Crippen LogP contribution is -2.28. The minimum absolute atomic E-state index is 0.203. The number of β-amino-alcohol motifs (C(OH)–C–C–N with tert-alkyl or cyclic N) is 1. The summed E-state index contributed by atoms with van der Waals surface area (Å²) in [4.78, 5) is 44.7. The lowest BCUT2D eigenvalue weighted by atomic mass is 9.87. The van der Waals surface area contributed by atoms with Crippen LogP contribution >= 0.6 is 22.9 Å². The van der Waals surface area contributed by atoms with Crippen LogP contribution in [0.3, 0.4) is 0 Å². The van der Waals surface area contributed by atoms with E-state index >= 15 is 0 Å². The summed E-state index contributed by atoms with van der Waals surface area (Å²) in [5.74, 6) is 0.265. The number of aromatic nitrogens is 4. The van der Waals surface area contributed by atoms with Gasteiger partial charge in [-0.2, -0.15) is 0 Å². The van der Waals surface area contributed by atoms with Gasteiger partial charge in [-0.15, -0.1) is 11.3 Å². The maximum atomic E-state index is 12.8. The van der Waals surface area contributed by atoms with Gasteiger partial charge in [0.15, 0.2) is 0 Å². The number of nitrogens with zero attached hydrogens (tertiary/aromatic N) is 5. The summed E-state index contributed by atoms with van der Waals surface area (Å²) in [6.45, 7) is 9.02. The Morgan fingerprint density at radius 2 is 1.94 bits per heavy atom. The van der Waals surface area contributed by atoms with E-state index in [1.807, 2.05) is 25.7 Å². The van der Waals surface area contributed by atoms with Crippen molar-refractivity contribution in [3.05, 3.63) is 57.0 Å². The SMILES string of the molecule is C[C@@H](NC(=O)c1cc(N2CC[C@@H](O)C2)ncn1)c1ncc(C(=O)Nc2cc(C(C)(C)C)c(Cl)cn2)s1. The van der Waals surface area contributed by atoms with E-state index in [4.69, 9.17) is 11.6 Å². The van der Waals surface area contributed by atoms with Crippen molar-refractivity contribution in [3.63, 3.8) is 0 Å². The number of nitrogens with one attached hydrogen (secondary N) is 2. The number of anilines is 2. The first-order valence-corrected chi connectivity index (χ1v) is 12.7. The molecular formula is C24H28ClN7O3S. The highest BCUT2D eigenvalue weighted by molar-refractivity contribution is 7.13. The van der Waals surface area contributed by atoms with Crippen molar-refractivity contribution in [2.24, 2.45) is 0 Å². The molecular weight excluding hydrogens is 502 g/mol. The third kappa shape index (κ3) is 5.97. The molecule has 0 unspecified atom stereocenters. The van der Waals surface area contributed by atoms with E-state index in [0.717, 1.165) is 5.56 Å². The van der Waals surface area contributed by atoms with Gasteiger partial charge in [0.2, 0.25) is 0 Å². The Morgan fingerprint density at radius 3 is 2.64 bits per heavy atom. The Morgan fingerprint density at radius 1 is 1.17 bits per heavy atom. The maximum absolute atomic E-state index is 12.8. The van der Waals surface area contributed by atoms with Crippen molar-refractivity contribution in [3.8, 4) is 0 Å². The van der Waals surface area contributed by atoms with Crippen molar-refractivity contribution < 1.29 is 14.7 Å². The number of hydrogen-bond acceptors (Lipinski definition) is 9. The van der Waals surface area contributed by atoms with Crippen LogP contribution in [0.5, 0.6) is 0 Å². The Kier molecular flexibility index (Phi) is 7.53. The number of aliphatic hydroxyl groups excluding tert-OH is 1. The topological polar surface area (TPSA) is 133 Å². The van der Waals surface area contributed by atoms with Crippen LogP contribution in [0.15, 0.2) is 30.9 Å². The fourth-order valence-corrected chi connectivity index (χ4v) is 4.98. The third-order valence-corrected chi connectivity index (χ3v) is 7.22. The van der Waals surface area contributed by atoms with Crippen LogP contribution in [0, 0.1) is 0 Å². The second-order valence-corrected chi connectivity index (χ2v) is 11.1. The van der Waals surface area contributed by atoms with Gasteiger partial charge in [0.25, 0.3) is 11.8 Å². The van der Waals surface area contributed by atoms with Gasteiger partial charge in [0.1, 0.15) is 33.5 Å². The Labute approximate surface area is 218 Å². The lowest BCUT2D eigenvalue weighted by Gasteiger charge is -2.21. The van der Waals surface area contributed by atoms with Crippen molar-refractivity contribution in [1.29, 1.82) is 0 Å². The molecule has 1 saturated heterocycles. The first kappa shape index (κ1) is 25.9. The van der Waals surface area contributed by atoms with Gasteiger partial charge in [-0.1, -0.05) is 32.4 Å². The Balaban J connectivity index is 1.40. The molecule has 0 bridgehead atoms. The molecule has 2 atom stereocenters. The number of aliphatic hydroxyl groups is 1. The molecule has 36 heavy (non-hydrogen) atoms.